The van der Waals surface area contributed by atoms with Gasteiger partial charge in [-0.2, -0.15) is 11.3 Å². The second-order valence-corrected chi connectivity index (χ2v) is 10.3. The lowest BCUT2D eigenvalue weighted by molar-refractivity contribution is 0.318. The van der Waals surface area contributed by atoms with Crippen LogP contribution in [0, 0.1) is 0 Å². The van der Waals surface area contributed by atoms with E-state index in [1.54, 1.807) is 23.1 Å². The van der Waals surface area contributed by atoms with Crippen molar-refractivity contribution < 1.29 is 4.74 Å². The predicted octanol–water partition coefficient (Wildman–Crippen LogP) is 6.85. The van der Waals surface area contributed by atoms with E-state index in [1.807, 2.05) is 31.3 Å². The average molecular weight is 513 g/mol. The van der Waals surface area contributed by atoms with E-state index in [2.05, 4.69) is 91.5 Å². The number of hydrogen-bond donors (Lipinski definition) is 1. The molecule has 1 N–H and O–H groups in total. The molecule has 36 heavy (non-hydrogen) atoms. The highest BCUT2D eigenvalue weighted by Crippen LogP contribution is 2.32. The first-order valence-corrected chi connectivity index (χ1v) is 13.7. The van der Waals surface area contributed by atoms with Gasteiger partial charge in [0.2, 0.25) is 0 Å². The van der Waals surface area contributed by atoms with Gasteiger partial charge < -0.3 is 14.6 Å². The van der Waals surface area contributed by atoms with Gasteiger partial charge in [0.1, 0.15) is 11.6 Å². The molecule has 5 rings (SSSR count). The first kappa shape index (κ1) is 24.2. The molecule has 0 atom stereocenters. The van der Waals surface area contributed by atoms with Crippen molar-refractivity contribution in [3.63, 3.8) is 0 Å². The molecule has 0 spiro atoms. The molecule has 0 saturated carbocycles. The maximum Gasteiger partial charge on any atom is 0.195 e. The zero-order valence-corrected chi connectivity index (χ0v) is 21.8. The quantitative estimate of drug-likeness (QED) is 0.210. The van der Waals surface area contributed by atoms with Gasteiger partial charge in [0, 0.05) is 42.6 Å². The third-order valence-corrected chi connectivity index (χ3v) is 7.62. The van der Waals surface area contributed by atoms with Gasteiger partial charge in [0.15, 0.2) is 5.16 Å². The standard InChI is InChI=1S/C29H28N4OS2/c1-33-28(18-23-15-17-35-21-23)31-32-29(33)36-26-13-12-24(20-30-25-10-6-3-7-11-25)27(19-26)34-16-14-22-8-4-2-5-9-22/h2-13,15,17,19,21,30H,14,16,18,20H2,1H3. The van der Waals surface area contributed by atoms with Crippen molar-refractivity contribution in [1.82, 2.24) is 14.8 Å². The Morgan fingerprint density at radius 3 is 2.50 bits per heavy atom. The number of hydrogen-bond acceptors (Lipinski definition) is 6. The van der Waals surface area contributed by atoms with E-state index in [-0.39, 0.29) is 0 Å². The number of para-hydroxylation sites is 1. The smallest absolute Gasteiger partial charge is 0.195 e. The van der Waals surface area contributed by atoms with Crippen molar-refractivity contribution in [1.29, 1.82) is 0 Å². The minimum Gasteiger partial charge on any atom is -0.493 e. The monoisotopic (exact) mass is 512 g/mol. The van der Waals surface area contributed by atoms with Crippen LogP contribution in [0.1, 0.15) is 22.5 Å². The summed E-state index contributed by atoms with van der Waals surface area (Å²) >= 11 is 3.31. The number of ether oxygens (including phenoxy) is 1. The highest BCUT2D eigenvalue weighted by molar-refractivity contribution is 7.99. The van der Waals surface area contributed by atoms with Crippen LogP contribution in [0.2, 0.25) is 0 Å². The molecule has 5 nitrogen and oxygen atoms in total. The largest absolute Gasteiger partial charge is 0.493 e. The SMILES string of the molecule is Cn1c(Cc2ccsc2)nnc1Sc1ccc(CNc2ccccc2)c(OCCc2ccccc2)c1. The summed E-state index contributed by atoms with van der Waals surface area (Å²) in [5.74, 6) is 1.85. The molecular formula is C29H28N4OS2. The molecule has 3 aromatic carbocycles. The summed E-state index contributed by atoms with van der Waals surface area (Å²) in [4.78, 5) is 1.07. The van der Waals surface area contributed by atoms with Gasteiger partial charge in [0.05, 0.1) is 6.61 Å². The van der Waals surface area contributed by atoms with Crippen molar-refractivity contribution in [3.05, 3.63) is 118 Å². The molecule has 0 aliphatic rings. The molecule has 2 heterocycles. The second-order valence-electron chi connectivity index (χ2n) is 8.44. The molecular weight excluding hydrogens is 484 g/mol. The number of anilines is 1. The lowest BCUT2D eigenvalue weighted by Gasteiger charge is -2.15. The van der Waals surface area contributed by atoms with E-state index in [9.17, 15) is 0 Å². The van der Waals surface area contributed by atoms with Gasteiger partial charge in [-0.25, -0.2) is 0 Å². The van der Waals surface area contributed by atoms with Crippen LogP contribution in [-0.4, -0.2) is 21.4 Å². The fourth-order valence-electron chi connectivity index (χ4n) is 3.82. The molecule has 0 aliphatic carbocycles. The summed E-state index contributed by atoms with van der Waals surface area (Å²) < 4.78 is 8.39. The van der Waals surface area contributed by atoms with Crippen LogP contribution in [0.4, 0.5) is 5.69 Å². The number of benzene rings is 3. The van der Waals surface area contributed by atoms with Crippen molar-refractivity contribution >= 4 is 28.8 Å². The number of nitrogens with zero attached hydrogens (tertiary/aromatic N) is 3. The Morgan fingerprint density at radius 1 is 0.917 bits per heavy atom. The molecule has 2 aromatic heterocycles. The Kier molecular flexibility index (Phi) is 8.00. The number of thiophene rings is 1. The molecule has 5 aromatic rings. The second kappa shape index (κ2) is 11.9. The zero-order chi connectivity index (χ0) is 24.6. The first-order valence-electron chi connectivity index (χ1n) is 11.9. The number of aromatic nitrogens is 3. The van der Waals surface area contributed by atoms with E-state index < -0.39 is 0 Å². The average Bonchev–Trinajstić information content (AvgIpc) is 3.55. The molecule has 0 bridgehead atoms. The van der Waals surface area contributed by atoms with Gasteiger partial charge in [-0.1, -0.05) is 54.6 Å². The Morgan fingerprint density at radius 2 is 1.72 bits per heavy atom. The Balaban J connectivity index is 1.31. The fourth-order valence-corrected chi connectivity index (χ4v) is 5.33. The van der Waals surface area contributed by atoms with Crippen LogP contribution >= 0.6 is 23.1 Å². The molecule has 7 heteroatoms. The third-order valence-electron chi connectivity index (χ3n) is 5.86. The van der Waals surface area contributed by atoms with Gasteiger partial charge in [-0.15, -0.1) is 10.2 Å². The van der Waals surface area contributed by atoms with Gasteiger partial charge >= 0.3 is 0 Å². The maximum absolute atomic E-state index is 6.32. The normalized spacial score (nSPS) is 10.9. The topological polar surface area (TPSA) is 52.0 Å². The van der Waals surface area contributed by atoms with E-state index in [0.717, 1.165) is 45.7 Å². The van der Waals surface area contributed by atoms with Gasteiger partial charge in [0.25, 0.3) is 0 Å². The van der Waals surface area contributed by atoms with Gasteiger partial charge in [-0.3, -0.25) is 0 Å². The van der Waals surface area contributed by atoms with Crippen LogP contribution in [0.15, 0.2) is 106 Å². The molecule has 0 unspecified atom stereocenters. The Labute approximate surface area is 220 Å². The first-order chi connectivity index (χ1) is 17.7. The fraction of sp³-hybridized carbons (Fsp3) is 0.172. The van der Waals surface area contributed by atoms with Crippen molar-refractivity contribution in [3.8, 4) is 5.75 Å². The molecule has 0 radical (unpaired) electrons. The summed E-state index contributed by atoms with van der Waals surface area (Å²) in [6.45, 7) is 1.30. The van der Waals surface area contributed by atoms with Crippen molar-refractivity contribution in [2.75, 3.05) is 11.9 Å². The predicted molar refractivity (Wildman–Crippen MR) is 148 cm³/mol. The van der Waals surface area contributed by atoms with Crippen LogP contribution in [0.3, 0.4) is 0 Å². The number of rotatable bonds is 11. The summed E-state index contributed by atoms with van der Waals surface area (Å²) in [6, 6.07) is 29.2. The summed E-state index contributed by atoms with van der Waals surface area (Å²) in [5, 5.41) is 17.5. The Bertz CT molecular complexity index is 1370. The van der Waals surface area contributed by atoms with Crippen molar-refractivity contribution in [2.24, 2.45) is 7.05 Å². The lowest BCUT2D eigenvalue weighted by atomic mass is 10.1. The van der Waals surface area contributed by atoms with Gasteiger partial charge in [-0.05, 0) is 64.0 Å². The minimum absolute atomic E-state index is 0.616. The van der Waals surface area contributed by atoms with E-state index in [1.165, 1.54) is 11.1 Å². The molecule has 0 amide bonds. The Hall–Kier alpha value is -3.55. The van der Waals surface area contributed by atoms with Crippen LogP contribution in [0.5, 0.6) is 5.75 Å². The lowest BCUT2D eigenvalue weighted by Crippen LogP contribution is -2.06. The van der Waals surface area contributed by atoms with Crippen LogP contribution in [0.25, 0.3) is 0 Å². The van der Waals surface area contributed by atoms with Crippen LogP contribution < -0.4 is 10.1 Å². The summed E-state index contributed by atoms with van der Waals surface area (Å²) in [6.07, 6.45) is 1.64. The number of nitrogens with one attached hydrogen (secondary N) is 1. The molecule has 0 saturated heterocycles. The zero-order valence-electron chi connectivity index (χ0n) is 20.1. The summed E-state index contributed by atoms with van der Waals surface area (Å²) in [7, 11) is 2.03. The molecule has 0 fully saturated rings. The van der Waals surface area contributed by atoms with Crippen LogP contribution in [-0.2, 0) is 26.4 Å². The highest BCUT2D eigenvalue weighted by atomic mass is 32.2. The van der Waals surface area contributed by atoms with E-state index in [4.69, 9.17) is 4.74 Å². The van der Waals surface area contributed by atoms with E-state index in [0.29, 0.717) is 13.2 Å². The molecule has 182 valence electrons. The third kappa shape index (κ3) is 6.36. The maximum atomic E-state index is 6.32. The highest BCUT2D eigenvalue weighted by Gasteiger charge is 2.13. The van der Waals surface area contributed by atoms with E-state index >= 15 is 0 Å². The molecule has 0 aliphatic heterocycles. The van der Waals surface area contributed by atoms with Crippen molar-refractivity contribution in [2.45, 2.75) is 29.4 Å². The minimum atomic E-state index is 0.616. The summed E-state index contributed by atoms with van der Waals surface area (Å²) in [5.41, 5.74) is 4.73.